The molecule has 4 aromatic rings. The number of sulfonamides is 1. The van der Waals surface area contributed by atoms with E-state index < -0.39 is 15.9 Å². The van der Waals surface area contributed by atoms with Crippen LogP contribution in [-0.2, 0) is 14.8 Å². The van der Waals surface area contributed by atoms with Gasteiger partial charge in [-0.25, -0.2) is 8.42 Å². The lowest BCUT2D eigenvalue weighted by Gasteiger charge is -2.30. The minimum atomic E-state index is -4.06. The molecule has 0 unspecified atom stereocenters. The summed E-state index contributed by atoms with van der Waals surface area (Å²) in [5.41, 5.74) is 2.47. The maximum atomic E-state index is 13.7. The van der Waals surface area contributed by atoms with Gasteiger partial charge in [0.1, 0.15) is 16.2 Å². The van der Waals surface area contributed by atoms with Crippen molar-refractivity contribution >= 4 is 44.0 Å². The highest BCUT2D eigenvalue weighted by Gasteiger charge is 2.26. The Morgan fingerprint density at radius 1 is 1.00 bits per heavy atom. The number of amides is 1. The van der Waals surface area contributed by atoms with Gasteiger partial charge in [0, 0.05) is 29.7 Å². The van der Waals surface area contributed by atoms with Crippen LogP contribution in [-0.4, -0.2) is 47.7 Å². The number of carbonyl (C=O) groups is 1. The Bertz CT molecular complexity index is 1560. The maximum absolute atomic E-state index is 13.7. The van der Waals surface area contributed by atoms with Crippen LogP contribution in [0.2, 0.25) is 0 Å². The predicted molar refractivity (Wildman–Crippen MR) is 142 cm³/mol. The fraction of sp³-hybridized carbons (Fsp3) is 0.222. The van der Waals surface area contributed by atoms with E-state index in [9.17, 15) is 13.2 Å². The van der Waals surface area contributed by atoms with Crippen LogP contribution < -0.4 is 19.7 Å². The number of benzene rings is 3. The highest BCUT2D eigenvalue weighted by atomic mass is 32.2. The van der Waals surface area contributed by atoms with E-state index in [1.54, 1.807) is 42.5 Å². The van der Waals surface area contributed by atoms with Crippen molar-refractivity contribution < 1.29 is 27.1 Å². The lowest BCUT2D eigenvalue weighted by Crippen LogP contribution is -2.37. The van der Waals surface area contributed by atoms with Crippen molar-refractivity contribution in [3.63, 3.8) is 0 Å². The van der Waals surface area contributed by atoms with Crippen molar-refractivity contribution in [2.45, 2.75) is 11.8 Å². The van der Waals surface area contributed by atoms with Crippen molar-refractivity contribution in [1.82, 2.24) is 0 Å². The van der Waals surface area contributed by atoms with Gasteiger partial charge in [-0.1, -0.05) is 30.3 Å². The Morgan fingerprint density at radius 2 is 1.73 bits per heavy atom. The second-order valence-electron chi connectivity index (χ2n) is 8.59. The highest BCUT2D eigenvalue weighted by Crippen LogP contribution is 2.33. The van der Waals surface area contributed by atoms with Gasteiger partial charge in [-0.05, 0) is 43.3 Å². The van der Waals surface area contributed by atoms with E-state index in [-0.39, 0.29) is 10.7 Å². The Balaban J connectivity index is 1.51. The third kappa shape index (κ3) is 4.98. The molecule has 0 spiro atoms. The van der Waals surface area contributed by atoms with Crippen molar-refractivity contribution in [1.29, 1.82) is 0 Å². The average Bonchev–Trinajstić information content (AvgIpc) is 3.26. The molecule has 10 heteroatoms. The molecule has 0 saturated carbocycles. The molecule has 0 aliphatic carbocycles. The first-order valence-corrected chi connectivity index (χ1v) is 13.3. The number of nitrogens with zero attached hydrogens (tertiary/aromatic N) is 1. The number of hydrogen-bond donors (Lipinski definition) is 2. The first kappa shape index (κ1) is 24.7. The van der Waals surface area contributed by atoms with E-state index >= 15 is 0 Å². The summed E-state index contributed by atoms with van der Waals surface area (Å²) in [4.78, 5) is 15.1. The third-order valence-electron chi connectivity index (χ3n) is 6.26. The minimum absolute atomic E-state index is 0.0273. The molecule has 0 radical (unpaired) electrons. The molecule has 5 rings (SSSR count). The van der Waals surface area contributed by atoms with Gasteiger partial charge in [-0.15, -0.1) is 0 Å². The van der Waals surface area contributed by atoms with Crippen molar-refractivity contribution in [3.05, 3.63) is 78.1 Å². The van der Waals surface area contributed by atoms with Crippen molar-refractivity contribution in [2.24, 2.45) is 0 Å². The van der Waals surface area contributed by atoms with Gasteiger partial charge in [0.05, 0.1) is 31.7 Å². The summed E-state index contributed by atoms with van der Waals surface area (Å²) in [7, 11) is -2.59. The summed E-state index contributed by atoms with van der Waals surface area (Å²) in [6.07, 6.45) is 0. The number of methoxy groups -OCH3 is 1. The molecule has 192 valence electrons. The van der Waals surface area contributed by atoms with Gasteiger partial charge >= 0.3 is 0 Å². The summed E-state index contributed by atoms with van der Waals surface area (Å²) in [5, 5.41) is 3.64. The van der Waals surface area contributed by atoms with Crippen LogP contribution in [0.3, 0.4) is 0 Å². The number of aryl methyl sites for hydroxylation is 1. The van der Waals surface area contributed by atoms with Gasteiger partial charge < -0.3 is 24.1 Å². The second-order valence-corrected chi connectivity index (χ2v) is 10.2. The number of rotatable bonds is 7. The van der Waals surface area contributed by atoms with E-state index in [1.807, 2.05) is 30.0 Å². The third-order valence-corrected chi connectivity index (χ3v) is 7.65. The van der Waals surface area contributed by atoms with E-state index in [0.29, 0.717) is 60.3 Å². The first-order chi connectivity index (χ1) is 17.9. The van der Waals surface area contributed by atoms with E-state index in [4.69, 9.17) is 13.9 Å². The number of hydrogen-bond acceptors (Lipinski definition) is 7. The maximum Gasteiger partial charge on any atom is 0.291 e. The molecule has 1 aliphatic heterocycles. The number of nitrogens with one attached hydrogen (secondary N) is 2. The zero-order chi connectivity index (χ0) is 26.0. The monoisotopic (exact) mass is 521 g/mol. The highest BCUT2D eigenvalue weighted by molar-refractivity contribution is 7.93. The van der Waals surface area contributed by atoms with Crippen molar-refractivity contribution in [2.75, 3.05) is 48.4 Å². The van der Waals surface area contributed by atoms with Crippen LogP contribution in [0.1, 0.15) is 16.1 Å². The minimum Gasteiger partial charge on any atom is -0.495 e. The van der Waals surface area contributed by atoms with Crippen LogP contribution in [0.15, 0.2) is 76.0 Å². The molecule has 2 N–H and O–H groups in total. The SMILES string of the molecule is COc1ccccc1NS(=O)(=O)c1cc(NC(=O)c2oc3ccccc3c2C)ccc1N1CCOCC1. The number of ether oxygens (including phenoxy) is 2. The normalized spacial score (nSPS) is 13.9. The molecule has 9 nitrogen and oxygen atoms in total. The van der Waals surface area contributed by atoms with Crippen LogP contribution >= 0.6 is 0 Å². The molecule has 1 aliphatic rings. The number of anilines is 3. The fourth-order valence-electron chi connectivity index (χ4n) is 4.38. The molecule has 1 amide bonds. The number of carbonyl (C=O) groups excluding carboxylic acids is 1. The van der Waals surface area contributed by atoms with Crippen LogP contribution in [0, 0.1) is 6.92 Å². The molecule has 3 aromatic carbocycles. The lowest BCUT2D eigenvalue weighted by molar-refractivity contribution is 0.0998. The average molecular weight is 522 g/mol. The zero-order valence-electron chi connectivity index (χ0n) is 20.5. The summed E-state index contributed by atoms with van der Waals surface area (Å²) in [6, 6.07) is 19.0. The van der Waals surface area contributed by atoms with E-state index in [2.05, 4.69) is 10.0 Å². The smallest absolute Gasteiger partial charge is 0.291 e. The number of para-hydroxylation sites is 3. The molecule has 0 bridgehead atoms. The Morgan fingerprint density at radius 3 is 2.49 bits per heavy atom. The van der Waals surface area contributed by atoms with Gasteiger partial charge in [0.2, 0.25) is 0 Å². The largest absolute Gasteiger partial charge is 0.495 e. The molecule has 0 atom stereocenters. The molecule has 1 fully saturated rings. The van der Waals surface area contributed by atoms with Gasteiger partial charge in [-0.3, -0.25) is 9.52 Å². The standard InChI is InChI=1S/C27H27N3O6S/c1-18-20-7-3-5-9-23(20)36-26(18)27(31)28-19-11-12-22(30-13-15-35-16-14-30)25(17-19)37(32,33)29-21-8-4-6-10-24(21)34-2/h3-12,17,29H,13-16H2,1-2H3,(H,28,31). The number of morpholine rings is 1. The summed E-state index contributed by atoms with van der Waals surface area (Å²) in [5.74, 6) is 0.104. The zero-order valence-corrected chi connectivity index (χ0v) is 21.3. The first-order valence-electron chi connectivity index (χ1n) is 11.8. The molecular weight excluding hydrogens is 494 g/mol. The topological polar surface area (TPSA) is 110 Å². The second kappa shape index (κ2) is 10.2. The Labute approximate surface area is 215 Å². The number of fused-ring (bicyclic) bond motifs is 1. The summed E-state index contributed by atoms with van der Waals surface area (Å²) < 4.78 is 46.5. The van der Waals surface area contributed by atoms with Crippen LogP contribution in [0.25, 0.3) is 11.0 Å². The molecule has 1 aromatic heterocycles. The fourth-order valence-corrected chi connectivity index (χ4v) is 5.70. The van der Waals surface area contributed by atoms with Crippen molar-refractivity contribution in [3.8, 4) is 5.75 Å². The van der Waals surface area contributed by atoms with Crippen LogP contribution in [0.4, 0.5) is 17.1 Å². The summed E-state index contributed by atoms with van der Waals surface area (Å²) >= 11 is 0. The summed E-state index contributed by atoms with van der Waals surface area (Å²) in [6.45, 7) is 3.88. The van der Waals surface area contributed by atoms with Gasteiger partial charge in [-0.2, -0.15) is 0 Å². The van der Waals surface area contributed by atoms with Gasteiger partial charge in [0.15, 0.2) is 5.76 Å². The van der Waals surface area contributed by atoms with E-state index in [1.165, 1.54) is 13.2 Å². The molecular formula is C27H27N3O6S. The Hall–Kier alpha value is -4.02. The molecule has 37 heavy (non-hydrogen) atoms. The Kier molecular flexibility index (Phi) is 6.77. The lowest BCUT2D eigenvalue weighted by atomic mass is 10.1. The molecule has 1 saturated heterocycles. The van der Waals surface area contributed by atoms with Crippen LogP contribution in [0.5, 0.6) is 5.75 Å². The van der Waals surface area contributed by atoms with E-state index in [0.717, 1.165) is 5.39 Å². The molecule has 2 heterocycles. The quantitative estimate of drug-likeness (QED) is 0.365. The number of furan rings is 1. The predicted octanol–water partition coefficient (Wildman–Crippen LogP) is 4.64. The van der Waals surface area contributed by atoms with Gasteiger partial charge in [0.25, 0.3) is 15.9 Å².